The van der Waals surface area contributed by atoms with Gasteiger partial charge in [-0.3, -0.25) is 0 Å². The molecule has 1 aliphatic heterocycles. The van der Waals surface area contributed by atoms with Crippen LogP contribution in [0.25, 0.3) is 0 Å². The van der Waals surface area contributed by atoms with Crippen LogP contribution in [0.4, 0.5) is 0 Å². The number of rotatable bonds is 5. The first-order chi connectivity index (χ1) is 9.92. The Labute approximate surface area is 130 Å². The van der Waals surface area contributed by atoms with Crippen molar-refractivity contribution >= 4 is 17.6 Å². The minimum absolute atomic E-state index is 0.571. The Balaban J connectivity index is 2.45. The SMILES string of the molecule is CCC1(CC)O[C@H](C)[C@](C(=O)O)(C(Cl)c2ccccc2)O1. The van der Waals surface area contributed by atoms with E-state index in [0.717, 1.165) is 0 Å². The summed E-state index contributed by atoms with van der Waals surface area (Å²) in [6.45, 7) is 5.54. The van der Waals surface area contributed by atoms with Crippen LogP contribution in [0.15, 0.2) is 30.3 Å². The molecule has 4 nitrogen and oxygen atoms in total. The van der Waals surface area contributed by atoms with E-state index >= 15 is 0 Å². The Morgan fingerprint density at radius 1 is 1.33 bits per heavy atom. The third kappa shape index (κ3) is 2.56. The molecule has 0 amide bonds. The van der Waals surface area contributed by atoms with E-state index < -0.39 is 28.8 Å². The number of halogens is 1. The molecular weight excluding hydrogens is 292 g/mol. The van der Waals surface area contributed by atoms with Gasteiger partial charge in [0.25, 0.3) is 0 Å². The highest BCUT2D eigenvalue weighted by atomic mass is 35.5. The molecule has 0 radical (unpaired) electrons. The number of hydrogen-bond acceptors (Lipinski definition) is 3. The molecule has 1 aromatic rings. The molecule has 1 saturated heterocycles. The highest BCUT2D eigenvalue weighted by Crippen LogP contribution is 2.49. The van der Waals surface area contributed by atoms with Gasteiger partial charge in [-0.25, -0.2) is 4.79 Å². The van der Waals surface area contributed by atoms with Gasteiger partial charge in [-0.05, 0) is 25.3 Å². The molecule has 0 bridgehead atoms. The standard InChI is InChI=1S/C16H21ClO4/c1-4-15(5-2)20-11(3)16(21-15,14(18)19)13(17)12-9-7-6-8-10-12/h6-11,13H,4-5H2,1-3H3,(H,18,19)/t11-,13?,16-/m1/s1. The fourth-order valence-corrected chi connectivity index (χ4v) is 3.30. The molecule has 0 spiro atoms. The van der Waals surface area contributed by atoms with Gasteiger partial charge in [-0.1, -0.05) is 44.2 Å². The Morgan fingerprint density at radius 2 is 1.90 bits per heavy atom. The number of aliphatic carboxylic acids is 1. The van der Waals surface area contributed by atoms with E-state index in [-0.39, 0.29) is 0 Å². The maximum atomic E-state index is 12.0. The van der Waals surface area contributed by atoms with Crippen LogP contribution in [-0.2, 0) is 14.3 Å². The minimum atomic E-state index is -1.59. The summed E-state index contributed by atoms with van der Waals surface area (Å²) < 4.78 is 11.9. The number of alkyl halides is 1. The molecule has 116 valence electrons. The van der Waals surface area contributed by atoms with Crippen molar-refractivity contribution < 1.29 is 19.4 Å². The number of carboxylic acids is 1. The zero-order chi connectivity index (χ0) is 15.7. The molecule has 1 N–H and O–H groups in total. The van der Waals surface area contributed by atoms with Gasteiger partial charge >= 0.3 is 5.97 Å². The lowest BCUT2D eigenvalue weighted by Crippen LogP contribution is -2.50. The molecule has 1 aliphatic rings. The van der Waals surface area contributed by atoms with E-state index in [9.17, 15) is 9.90 Å². The van der Waals surface area contributed by atoms with Crippen LogP contribution in [0.3, 0.4) is 0 Å². The smallest absolute Gasteiger partial charge is 0.340 e. The zero-order valence-corrected chi connectivity index (χ0v) is 13.3. The van der Waals surface area contributed by atoms with E-state index in [4.69, 9.17) is 21.1 Å². The van der Waals surface area contributed by atoms with Crippen LogP contribution in [0.1, 0.15) is 44.6 Å². The van der Waals surface area contributed by atoms with Crippen LogP contribution >= 0.6 is 11.6 Å². The molecular formula is C16H21ClO4. The fraction of sp³-hybridized carbons (Fsp3) is 0.562. The van der Waals surface area contributed by atoms with Gasteiger partial charge < -0.3 is 14.6 Å². The summed E-state index contributed by atoms with van der Waals surface area (Å²) in [7, 11) is 0. The van der Waals surface area contributed by atoms with Gasteiger partial charge in [0.15, 0.2) is 5.79 Å². The predicted molar refractivity (Wildman–Crippen MR) is 80.3 cm³/mol. The summed E-state index contributed by atoms with van der Waals surface area (Å²) in [4.78, 5) is 12.0. The van der Waals surface area contributed by atoms with Gasteiger partial charge in [0, 0.05) is 0 Å². The second-order valence-corrected chi connectivity index (χ2v) is 5.79. The number of hydrogen-bond donors (Lipinski definition) is 1. The molecule has 0 saturated carbocycles. The van der Waals surface area contributed by atoms with Crippen LogP contribution < -0.4 is 0 Å². The lowest BCUT2D eigenvalue weighted by Gasteiger charge is -2.33. The summed E-state index contributed by atoms with van der Waals surface area (Å²) in [5.74, 6) is -1.98. The van der Waals surface area contributed by atoms with Crippen LogP contribution in [0.2, 0.25) is 0 Å². The maximum Gasteiger partial charge on any atom is 0.340 e. The van der Waals surface area contributed by atoms with Crippen molar-refractivity contribution in [3.63, 3.8) is 0 Å². The van der Waals surface area contributed by atoms with E-state index in [1.807, 2.05) is 32.0 Å². The number of carbonyl (C=O) groups is 1. The van der Waals surface area contributed by atoms with Crippen LogP contribution in [-0.4, -0.2) is 28.6 Å². The first-order valence-corrected chi connectivity index (χ1v) is 7.66. The molecule has 5 heteroatoms. The summed E-state index contributed by atoms with van der Waals surface area (Å²) in [6, 6.07) is 9.12. The van der Waals surface area contributed by atoms with Crippen molar-refractivity contribution in [2.24, 2.45) is 0 Å². The van der Waals surface area contributed by atoms with Crippen molar-refractivity contribution in [2.75, 3.05) is 0 Å². The molecule has 1 unspecified atom stereocenters. The van der Waals surface area contributed by atoms with Gasteiger partial charge in [0.2, 0.25) is 5.60 Å². The average Bonchev–Trinajstić information content (AvgIpc) is 2.82. The third-order valence-corrected chi connectivity index (χ3v) is 4.81. The second-order valence-electron chi connectivity index (χ2n) is 5.35. The van der Waals surface area contributed by atoms with E-state index in [0.29, 0.717) is 18.4 Å². The number of carboxylic acid groups (broad SMARTS) is 1. The average molecular weight is 313 g/mol. The van der Waals surface area contributed by atoms with Crippen molar-refractivity contribution in [1.29, 1.82) is 0 Å². The first kappa shape index (κ1) is 16.3. The highest BCUT2D eigenvalue weighted by molar-refractivity contribution is 6.23. The van der Waals surface area contributed by atoms with E-state index in [1.165, 1.54) is 0 Å². The molecule has 1 aromatic carbocycles. The second kappa shape index (κ2) is 5.95. The van der Waals surface area contributed by atoms with E-state index in [2.05, 4.69) is 0 Å². The van der Waals surface area contributed by atoms with Gasteiger partial charge in [0.05, 0.1) is 6.10 Å². The summed E-state index contributed by atoms with van der Waals surface area (Å²) in [5.41, 5.74) is -0.880. The third-order valence-electron chi connectivity index (χ3n) is 4.23. The van der Waals surface area contributed by atoms with Crippen molar-refractivity contribution in [1.82, 2.24) is 0 Å². The fourth-order valence-electron chi connectivity index (χ4n) is 2.84. The molecule has 0 aliphatic carbocycles. The zero-order valence-electron chi connectivity index (χ0n) is 12.5. The normalized spacial score (nSPS) is 29.2. The largest absolute Gasteiger partial charge is 0.479 e. The van der Waals surface area contributed by atoms with Crippen molar-refractivity contribution in [3.8, 4) is 0 Å². The maximum absolute atomic E-state index is 12.0. The summed E-state index contributed by atoms with van der Waals surface area (Å²) >= 11 is 6.51. The Kier molecular flexibility index (Phi) is 4.61. The predicted octanol–water partition coefficient (Wildman–Crippen LogP) is 3.74. The lowest BCUT2D eigenvalue weighted by atomic mass is 9.89. The Bertz CT molecular complexity index is 500. The first-order valence-electron chi connectivity index (χ1n) is 7.22. The topological polar surface area (TPSA) is 55.8 Å². The van der Waals surface area contributed by atoms with E-state index in [1.54, 1.807) is 19.1 Å². The molecule has 1 fully saturated rings. The quantitative estimate of drug-likeness (QED) is 0.841. The summed E-state index contributed by atoms with van der Waals surface area (Å²) in [5, 5.41) is 8.97. The number of ether oxygens (including phenoxy) is 2. The van der Waals surface area contributed by atoms with Gasteiger partial charge in [-0.2, -0.15) is 0 Å². The highest BCUT2D eigenvalue weighted by Gasteiger charge is 2.62. The van der Waals surface area contributed by atoms with Crippen LogP contribution in [0.5, 0.6) is 0 Å². The molecule has 0 aromatic heterocycles. The lowest BCUT2D eigenvalue weighted by molar-refractivity contribution is -0.203. The minimum Gasteiger partial charge on any atom is -0.479 e. The molecule has 21 heavy (non-hydrogen) atoms. The summed E-state index contributed by atoms with van der Waals surface area (Å²) in [6.07, 6.45) is 0.500. The van der Waals surface area contributed by atoms with Gasteiger partial charge in [-0.15, -0.1) is 11.6 Å². The molecule has 2 rings (SSSR count). The van der Waals surface area contributed by atoms with Crippen molar-refractivity contribution in [3.05, 3.63) is 35.9 Å². The molecule has 1 heterocycles. The molecule has 3 atom stereocenters. The Hall–Kier alpha value is -1.10. The van der Waals surface area contributed by atoms with Crippen molar-refractivity contribution in [2.45, 2.75) is 56.5 Å². The van der Waals surface area contributed by atoms with Crippen LogP contribution in [0, 0.1) is 0 Å². The Morgan fingerprint density at radius 3 is 2.33 bits per heavy atom. The monoisotopic (exact) mass is 312 g/mol. The number of benzene rings is 1. The van der Waals surface area contributed by atoms with Gasteiger partial charge in [0.1, 0.15) is 5.38 Å².